The zero-order valence-corrected chi connectivity index (χ0v) is 8.92. The maximum absolute atomic E-state index is 5.22. The van der Waals surface area contributed by atoms with Crippen molar-refractivity contribution in [1.29, 1.82) is 0 Å². The van der Waals surface area contributed by atoms with Crippen LogP contribution in [0.5, 0.6) is 5.75 Å². The summed E-state index contributed by atoms with van der Waals surface area (Å²) in [5.41, 5.74) is 2.82. The molecule has 0 aromatic heterocycles. The van der Waals surface area contributed by atoms with Gasteiger partial charge in [-0.05, 0) is 36.6 Å². The van der Waals surface area contributed by atoms with E-state index in [1.54, 1.807) is 7.11 Å². The monoisotopic (exact) mass is 191 g/mol. The first-order valence-corrected chi connectivity index (χ1v) is 5.27. The molecule has 2 nitrogen and oxygen atoms in total. The molecule has 0 amide bonds. The molecular weight excluding hydrogens is 174 g/mol. The minimum atomic E-state index is 0.974. The van der Waals surface area contributed by atoms with Gasteiger partial charge in [0.15, 0.2) is 0 Å². The lowest BCUT2D eigenvalue weighted by molar-refractivity contribution is 0.414. The minimum Gasteiger partial charge on any atom is -0.497 e. The first kappa shape index (κ1) is 9.38. The Labute approximate surface area is 85.5 Å². The summed E-state index contributed by atoms with van der Waals surface area (Å²) < 4.78 is 5.22. The van der Waals surface area contributed by atoms with Crippen LogP contribution in [0.15, 0.2) is 18.2 Å². The van der Waals surface area contributed by atoms with Crippen LogP contribution in [0.3, 0.4) is 0 Å². The zero-order chi connectivity index (χ0) is 9.97. The van der Waals surface area contributed by atoms with Crippen LogP contribution >= 0.6 is 0 Å². The molecule has 76 valence electrons. The average Bonchev–Trinajstić information content (AvgIpc) is 2.61. The maximum atomic E-state index is 5.22. The van der Waals surface area contributed by atoms with Gasteiger partial charge in [0.25, 0.3) is 0 Å². The molecule has 2 rings (SSSR count). The van der Waals surface area contributed by atoms with Crippen LogP contribution < -0.4 is 9.64 Å². The second-order valence-corrected chi connectivity index (χ2v) is 3.73. The Bertz CT molecular complexity index is 322. The normalized spacial score (nSPS) is 14.3. The molecule has 0 saturated heterocycles. The molecule has 1 aliphatic heterocycles. The van der Waals surface area contributed by atoms with E-state index in [0.717, 1.165) is 18.7 Å². The van der Waals surface area contributed by atoms with Crippen molar-refractivity contribution in [3.63, 3.8) is 0 Å². The standard InChI is InChI=1S/C12H17NO/c1-3-7-13-8-6-10-9-11(14-2)4-5-12(10)13/h4-5,9H,3,6-8H2,1-2H3. The highest BCUT2D eigenvalue weighted by Crippen LogP contribution is 2.30. The highest BCUT2D eigenvalue weighted by Gasteiger charge is 2.18. The molecule has 1 heterocycles. The van der Waals surface area contributed by atoms with E-state index < -0.39 is 0 Å². The van der Waals surface area contributed by atoms with E-state index in [0.29, 0.717) is 0 Å². The smallest absolute Gasteiger partial charge is 0.119 e. The van der Waals surface area contributed by atoms with Crippen LogP contribution in [-0.2, 0) is 6.42 Å². The fourth-order valence-electron chi connectivity index (χ4n) is 2.08. The number of methoxy groups -OCH3 is 1. The summed E-state index contributed by atoms with van der Waals surface area (Å²) in [6.45, 7) is 4.55. The molecule has 1 aliphatic rings. The Hall–Kier alpha value is -1.18. The topological polar surface area (TPSA) is 12.5 Å². The highest BCUT2D eigenvalue weighted by molar-refractivity contribution is 5.60. The number of anilines is 1. The summed E-state index contributed by atoms with van der Waals surface area (Å²) in [6.07, 6.45) is 2.37. The van der Waals surface area contributed by atoms with Crippen molar-refractivity contribution in [3.05, 3.63) is 23.8 Å². The number of benzene rings is 1. The molecule has 0 N–H and O–H groups in total. The number of fused-ring (bicyclic) bond motifs is 1. The molecule has 14 heavy (non-hydrogen) atoms. The van der Waals surface area contributed by atoms with Gasteiger partial charge >= 0.3 is 0 Å². The predicted molar refractivity (Wildman–Crippen MR) is 59.2 cm³/mol. The predicted octanol–water partition coefficient (Wildman–Crippen LogP) is 2.47. The molecular formula is C12H17NO. The lowest BCUT2D eigenvalue weighted by Gasteiger charge is -2.18. The Morgan fingerprint density at radius 3 is 3.00 bits per heavy atom. The number of rotatable bonds is 3. The molecule has 0 atom stereocenters. The van der Waals surface area contributed by atoms with Crippen molar-refractivity contribution < 1.29 is 4.74 Å². The van der Waals surface area contributed by atoms with E-state index in [1.807, 2.05) is 6.07 Å². The van der Waals surface area contributed by atoms with Gasteiger partial charge in [-0.15, -0.1) is 0 Å². The van der Waals surface area contributed by atoms with Gasteiger partial charge in [0.1, 0.15) is 5.75 Å². The number of ether oxygens (including phenoxy) is 1. The first-order chi connectivity index (χ1) is 6.85. The Morgan fingerprint density at radius 1 is 1.43 bits per heavy atom. The van der Waals surface area contributed by atoms with E-state index in [2.05, 4.69) is 24.0 Å². The van der Waals surface area contributed by atoms with Crippen molar-refractivity contribution in [3.8, 4) is 5.75 Å². The van der Waals surface area contributed by atoms with Crippen LogP contribution in [0.1, 0.15) is 18.9 Å². The SMILES string of the molecule is CCCN1CCc2cc(OC)ccc21. The largest absolute Gasteiger partial charge is 0.497 e. The van der Waals surface area contributed by atoms with Gasteiger partial charge in [0, 0.05) is 18.8 Å². The molecule has 0 aliphatic carbocycles. The van der Waals surface area contributed by atoms with E-state index >= 15 is 0 Å². The van der Waals surface area contributed by atoms with E-state index in [4.69, 9.17) is 4.74 Å². The molecule has 0 saturated carbocycles. The van der Waals surface area contributed by atoms with Crippen LogP contribution in [0.4, 0.5) is 5.69 Å². The van der Waals surface area contributed by atoms with Crippen molar-refractivity contribution in [1.82, 2.24) is 0 Å². The van der Waals surface area contributed by atoms with E-state index in [1.165, 1.54) is 24.2 Å². The number of hydrogen-bond donors (Lipinski definition) is 0. The van der Waals surface area contributed by atoms with Crippen molar-refractivity contribution in [2.75, 3.05) is 25.1 Å². The third kappa shape index (κ3) is 1.57. The first-order valence-electron chi connectivity index (χ1n) is 5.27. The van der Waals surface area contributed by atoms with Gasteiger partial charge in [-0.1, -0.05) is 6.92 Å². The van der Waals surface area contributed by atoms with Crippen molar-refractivity contribution >= 4 is 5.69 Å². The molecule has 0 spiro atoms. The third-order valence-electron chi connectivity index (χ3n) is 2.77. The molecule has 1 aromatic carbocycles. The molecule has 0 fully saturated rings. The van der Waals surface area contributed by atoms with E-state index in [-0.39, 0.29) is 0 Å². The van der Waals surface area contributed by atoms with Gasteiger partial charge in [0.2, 0.25) is 0 Å². The summed E-state index contributed by atoms with van der Waals surface area (Å²) in [6, 6.07) is 6.38. The molecule has 1 aromatic rings. The summed E-state index contributed by atoms with van der Waals surface area (Å²) >= 11 is 0. The third-order valence-corrected chi connectivity index (χ3v) is 2.77. The lowest BCUT2D eigenvalue weighted by Crippen LogP contribution is -2.20. The average molecular weight is 191 g/mol. The highest BCUT2D eigenvalue weighted by atomic mass is 16.5. The molecule has 2 heteroatoms. The Morgan fingerprint density at radius 2 is 2.29 bits per heavy atom. The van der Waals surface area contributed by atoms with Gasteiger partial charge in [-0.2, -0.15) is 0 Å². The fourth-order valence-corrected chi connectivity index (χ4v) is 2.08. The number of nitrogens with zero attached hydrogens (tertiary/aromatic N) is 1. The van der Waals surface area contributed by atoms with Crippen molar-refractivity contribution in [2.45, 2.75) is 19.8 Å². The summed E-state index contributed by atoms with van der Waals surface area (Å²) in [7, 11) is 1.72. The molecule has 0 bridgehead atoms. The lowest BCUT2D eigenvalue weighted by atomic mass is 10.1. The van der Waals surface area contributed by atoms with E-state index in [9.17, 15) is 0 Å². The summed E-state index contributed by atoms with van der Waals surface area (Å²) in [5, 5.41) is 0. The van der Waals surface area contributed by atoms with Gasteiger partial charge in [-0.3, -0.25) is 0 Å². The van der Waals surface area contributed by atoms with Gasteiger partial charge in [0.05, 0.1) is 7.11 Å². The van der Waals surface area contributed by atoms with Crippen LogP contribution in [-0.4, -0.2) is 20.2 Å². The van der Waals surface area contributed by atoms with Crippen LogP contribution in [0.25, 0.3) is 0 Å². The maximum Gasteiger partial charge on any atom is 0.119 e. The number of hydrogen-bond acceptors (Lipinski definition) is 2. The van der Waals surface area contributed by atoms with Crippen LogP contribution in [0.2, 0.25) is 0 Å². The Balaban J connectivity index is 2.24. The van der Waals surface area contributed by atoms with Gasteiger partial charge < -0.3 is 9.64 Å². The molecule has 0 radical (unpaired) electrons. The van der Waals surface area contributed by atoms with Crippen molar-refractivity contribution in [2.24, 2.45) is 0 Å². The fraction of sp³-hybridized carbons (Fsp3) is 0.500. The second-order valence-electron chi connectivity index (χ2n) is 3.73. The Kier molecular flexibility index (Phi) is 2.62. The molecule has 0 unspecified atom stereocenters. The zero-order valence-electron chi connectivity index (χ0n) is 8.92. The quantitative estimate of drug-likeness (QED) is 0.727. The summed E-state index contributed by atoms with van der Waals surface area (Å²) in [4.78, 5) is 2.45. The van der Waals surface area contributed by atoms with Crippen LogP contribution in [0, 0.1) is 0 Å². The summed E-state index contributed by atoms with van der Waals surface area (Å²) in [5.74, 6) is 0.974. The second kappa shape index (κ2) is 3.91. The minimum absolute atomic E-state index is 0.974. The van der Waals surface area contributed by atoms with Gasteiger partial charge in [-0.25, -0.2) is 0 Å².